The Morgan fingerprint density at radius 2 is 1.96 bits per heavy atom. The van der Waals surface area contributed by atoms with E-state index in [2.05, 4.69) is 27.1 Å². The van der Waals surface area contributed by atoms with Crippen molar-refractivity contribution < 1.29 is 9.53 Å². The first-order chi connectivity index (χ1) is 13.2. The number of hydrogen-bond donors (Lipinski definition) is 0. The summed E-state index contributed by atoms with van der Waals surface area (Å²) in [4.78, 5) is 21.3. The minimum atomic E-state index is 0.0460. The van der Waals surface area contributed by atoms with Crippen molar-refractivity contribution in [2.75, 3.05) is 26.7 Å². The zero-order valence-corrected chi connectivity index (χ0v) is 16.0. The number of rotatable bonds is 5. The maximum Gasteiger partial charge on any atom is 0.274 e. The molecule has 0 bridgehead atoms. The van der Waals surface area contributed by atoms with Crippen LogP contribution in [0.4, 0.5) is 0 Å². The van der Waals surface area contributed by atoms with Gasteiger partial charge in [-0.15, -0.1) is 0 Å². The van der Waals surface area contributed by atoms with Gasteiger partial charge in [0.05, 0.1) is 12.1 Å². The molecule has 4 heterocycles. The van der Waals surface area contributed by atoms with E-state index in [1.54, 1.807) is 11.8 Å². The van der Waals surface area contributed by atoms with Crippen molar-refractivity contribution >= 4 is 5.91 Å². The molecular weight excluding hydrogens is 342 g/mol. The van der Waals surface area contributed by atoms with Crippen molar-refractivity contribution in [2.45, 2.75) is 44.5 Å². The van der Waals surface area contributed by atoms with Crippen LogP contribution in [0.5, 0.6) is 0 Å². The highest BCUT2D eigenvalue weighted by molar-refractivity contribution is 5.92. The van der Waals surface area contributed by atoms with Crippen LogP contribution in [0.2, 0.25) is 0 Å². The van der Waals surface area contributed by atoms with Gasteiger partial charge in [-0.3, -0.25) is 19.4 Å². The average Bonchev–Trinajstić information content (AvgIpc) is 3.18. The standard InChI is InChI=1S/C20H27N5O2/c1-3-24-13-8-17(22-24)20(26)23-11-6-16(7-12-23)25-14-18(27-2)19(25)15-4-9-21-10-5-15/h4-5,8-10,13,16,18-19H,3,6-7,11-12,14H2,1-2H3/t18-,19-/m0/s1. The lowest BCUT2D eigenvalue weighted by atomic mass is 9.87. The summed E-state index contributed by atoms with van der Waals surface area (Å²) in [7, 11) is 1.78. The highest BCUT2D eigenvalue weighted by atomic mass is 16.5. The molecule has 2 fully saturated rings. The first-order valence-electron chi connectivity index (χ1n) is 9.72. The molecule has 4 rings (SSSR count). The Kier molecular flexibility index (Phi) is 5.22. The molecule has 7 nitrogen and oxygen atoms in total. The Bertz CT molecular complexity index is 770. The molecule has 0 unspecified atom stereocenters. The molecule has 7 heteroatoms. The fourth-order valence-corrected chi connectivity index (χ4v) is 4.26. The Morgan fingerprint density at radius 3 is 2.59 bits per heavy atom. The molecule has 144 valence electrons. The quantitative estimate of drug-likeness (QED) is 0.806. The minimum absolute atomic E-state index is 0.0460. The van der Waals surface area contributed by atoms with E-state index in [1.165, 1.54) is 5.56 Å². The molecule has 2 aliphatic heterocycles. The monoisotopic (exact) mass is 369 g/mol. The number of carbonyl (C=O) groups excluding carboxylic acids is 1. The van der Waals surface area contributed by atoms with E-state index in [0.717, 1.165) is 39.0 Å². The molecule has 0 spiro atoms. The Morgan fingerprint density at radius 1 is 1.22 bits per heavy atom. The van der Waals surface area contributed by atoms with Gasteiger partial charge in [0.1, 0.15) is 5.69 Å². The molecule has 2 aliphatic rings. The van der Waals surface area contributed by atoms with E-state index >= 15 is 0 Å². The maximum absolute atomic E-state index is 12.7. The number of likely N-dealkylation sites (tertiary alicyclic amines) is 2. The lowest BCUT2D eigenvalue weighted by molar-refractivity contribution is -0.115. The summed E-state index contributed by atoms with van der Waals surface area (Å²) in [5.41, 5.74) is 1.81. The van der Waals surface area contributed by atoms with Crippen LogP contribution in [0.3, 0.4) is 0 Å². The number of ether oxygens (including phenoxy) is 1. The summed E-state index contributed by atoms with van der Waals surface area (Å²) in [6.45, 7) is 5.30. The van der Waals surface area contributed by atoms with Crippen LogP contribution in [0.1, 0.15) is 41.9 Å². The summed E-state index contributed by atoms with van der Waals surface area (Å²) in [6.07, 6.45) is 7.75. The molecule has 0 aliphatic carbocycles. The molecule has 27 heavy (non-hydrogen) atoms. The number of aromatic nitrogens is 3. The van der Waals surface area contributed by atoms with Crippen LogP contribution in [0.25, 0.3) is 0 Å². The Hall–Kier alpha value is -2.25. The predicted molar refractivity (Wildman–Crippen MR) is 101 cm³/mol. The van der Waals surface area contributed by atoms with Crippen molar-refractivity contribution in [3.05, 3.63) is 48.0 Å². The van der Waals surface area contributed by atoms with Crippen molar-refractivity contribution in [2.24, 2.45) is 0 Å². The summed E-state index contributed by atoms with van der Waals surface area (Å²) in [5, 5.41) is 4.35. The molecular formula is C20H27N5O2. The number of nitrogens with zero attached hydrogens (tertiary/aromatic N) is 5. The van der Waals surface area contributed by atoms with Gasteiger partial charge in [-0.05, 0) is 43.5 Å². The topological polar surface area (TPSA) is 63.5 Å². The van der Waals surface area contributed by atoms with Crippen LogP contribution in [0, 0.1) is 0 Å². The Balaban J connectivity index is 1.38. The first kappa shape index (κ1) is 18.1. The lowest BCUT2D eigenvalue weighted by Crippen LogP contribution is -2.60. The SMILES string of the molecule is CCn1ccc(C(=O)N2CCC(N3C[C@H](OC)[C@@H]3c3ccncc3)CC2)n1. The highest BCUT2D eigenvalue weighted by Crippen LogP contribution is 2.39. The van der Waals surface area contributed by atoms with Crippen molar-refractivity contribution in [3.8, 4) is 0 Å². The molecule has 0 N–H and O–H groups in total. The molecule has 0 saturated carbocycles. The fraction of sp³-hybridized carbons (Fsp3) is 0.550. The molecule has 2 saturated heterocycles. The Labute approximate surface area is 159 Å². The summed E-state index contributed by atoms with van der Waals surface area (Å²) in [6, 6.07) is 6.73. The third kappa shape index (κ3) is 3.49. The number of amides is 1. The second-order valence-electron chi connectivity index (χ2n) is 7.28. The van der Waals surface area contributed by atoms with Gasteiger partial charge in [0.25, 0.3) is 5.91 Å². The zero-order valence-electron chi connectivity index (χ0n) is 16.0. The van der Waals surface area contributed by atoms with E-state index in [-0.39, 0.29) is 18.1 Å². The number of pyridine rings is 1. The summed E-state index contributed by atoms with van der Waals surface area (Å²) < 4.78 is 7.46. The maximum atomic E-state index is 12.7. The third-order valence-electron chi connectivity index (χ3n) is 5.86. The zero-order chi connectivity index (χ0) is 18.8. The molecule has 2 atom stereocenters. The number of carbonyl (C=O) groups is 1. The molecule has 0 aromatic carbocycles. The van der Waals surface area contributed by atoms with Gasteiger partial charge < -0.3 is 9.64 Å². The average molecular weight is 369 g/mol. The number of piperidine rings is 1. The molecule has 2 aromatic heterocycles. The van der Waals surface area contributed by atoms with Gasteiger partial charge in [0.15, 0.2) is 0 Å². The van der Waals surface area contributed by atoms with Gasteiger partial charge >= 0.3 is 0 Å². The van der Waals surface area contributed by atoms with E-state index in [1.807, 2.05) is 36.5 Å². The van der Waals surface area contributed by atoms with Crippen molar-refractivity contribution in [1.82, 2.24) is 24.6 Å². The fourth-order valence-electron chi connectivity index (χ4n) is 4.26. The van der Waals surface area contributed by atoms with Gasteiger partial charge in [-0.1, -0.05) is 0 Å². The van der Waals surface area contributed by atoms with Crippen molar-refractivity contribution in [3.63, 3.8) is 0 Å². The second kappa shape index (κ2) is 7.78. The predicted octanol–water partition coefficient (Wildman–Crippen LogP) is 1.97. The van der Waals surface area contributed by atoms with Crippen LogP contribution in [-0.2, 0) is 11.3 Å². The molecule has 0 radical (unpaired) electrons. The highest BCUT2D eigenvalue weighted by Gasteiger charge is 2.44. The van der Waals surface area contributed by atoms with E-state index < -0.39 is 0 Å². The molecule has 2 aromatic rings. The van der Waals surface area contributed by atoms with Crippen LogP contribution in [-0.4, -0.2) is 69.4 Å². The van der Waals surface area contributed by atoms with E-state index in [4.69, 9.17) is 4.74 Å². The van der Waals surface area contributed by atoms with Crippen LogP contribution >= 0.6 is 0 Å². The van der Waals surface area contributed by atoms with Crippen LogP contribution < -0.4 is 0 Å². The number of aryl methyl sites for hydroxylation is 1. The lowest BCUT2D eigenvalue weighted by Gasteiger charge is -2.53. The summed E-state index contributed by atoms with van der Waals surface area (Å²) in [5.74, 6) is 0.0460. The second-order valence-corrected chi connectivity index (χ2v) is 7.28. The normalized spacial score (nSPS) is 24.0. The van der Waals surface area contributed by atoms with Gasteiger partial charge in [-0.2, -0.15) is 5.10 Å². The number of methoxy groups -OCH3 is 1. The van der Waals surface area contributed by atoms with Gasteiger partial charge in [0, 0.05) is 57.9 Å². The third-order valence-corrected chi connectivity index (χ3v) is 5.86. The van der Waals surface area contributed by atoms with Gasteiger partial charge in [0.2, 0.25) is 0 Å². The summed E-state index contributed by atoms with van der Waals surface area (Å²) >= 11 is 0. The minimum Gasteiger partial charge on any atom is -0.378 e. The van der Waals surface area contributed by atoms with Crippen molar-refractivity contribution in [1.29, 1.82) is 0 Å². The van der Waals surface area contributed by atoms with E-state index in [0.29, 0.717) is 11.7 Å². The first-order valence-corrected chi connectivity index (χ1v) is 9.72. The van der Waals surface area contributed by atoms with Crippen LogP contribution in [0.15, 0.2) is 36.8 Å². The largest absolute Gasteiger partial charge is 0.378 e. The molecule has 1 amide bonds. The smallest absolute Gasteiger partial charge is 0.274 e. The van der Waals surface area contributed by atoms with Gasteiger partial charge in [-0.25, -0.2) is 0 Å². The number of hydrogen-bond acceptors (Lipinski definition) is 5. The van der Waals surface area contributed by atoms with E-state index in [9.17, 15) is 4.79 Å².